The van der Waals surface area contributed by atoms with Crippen LogP contribution in [0.15, 0.2) is 24.3 Å². The van der Waals surface area contributed by atoms with Crippen LogP contribution in [0.3, 0.4) is 0 Å². The zero-order chi connectivity index (χ0) is 18.2. The van der Waals surface area contributed by atoms with E-state index >= 15 is 0 Å². The second kappa shape index (κ2) is 9.30. The molecule has 0 spiro atoms. The molecule has 0 heterocycles. The number of carboxylic acids is 1. The molecule has 0 aliphatic carbocycles. The van der Waals surface area contributed by atoms with E-state index in [1.165, 1.54) is 0 Å². The lowest BCUT2D eigenvalue weighted by Gasteiger charge is -2.21. The molecule has 0 aromatic heterocycles. The maximum atomic E-state index is 12.0. The molecule has 1 aromatic rings. The zero-order valence-corrected chi connectivity index (χ0v) is 15.1. The summed E-state index contributed by atoms with van der Waals surface area (Å²) >= 11 is 0. The van der Waals surface area contributed by atoms with Crippen LogP contribution in [0.1, 0.15) is 58.9 Å². The first-order chi connectivity index (χ1) is 11.2. The molecule has 5 heteroatoms. The van der Waals surface area contributed by atoms with E-state index < -0.39 is 12.1 Å². The van der Waals surface area contributed by atoms with Gasteiger partial charge < -0.3 is 15.2 Å². The average Bonchev–Trinajstić information content (AvgIpc) is 2.49. The lowest BCUT2D eigenvalue weighted by atomic mass is 9.87. The number of carbonyl (C=O) groups is 2. The van der Waals surface area contributed by atoms with Crippen molar-refractivity contribution in [2.75, 3.05) is 6.54 Å². The lowest BCUT2D eigenvalue weighted by Crippen LogP contribution is -2.36. The monoisotopic (exact) mass is 335 g/mol. The summed E-state index contributed by atoms with van der Waals surface area (Å²) in [6, 6.07) is 7.80. The summed E-state index contributed by atoms with van der Waals surface area (Å²) in [4.78, 5) is 22.4. The molecule has 5 nitrogen and oxygen atoms in total. The van der Waals surface area contributed by atoms with Gasteiger partial charge in [-0.25, -0.2) is 0 Å². The third-order valence-electron chi connectivity index (χ3n) is 3.75. The lowest BCUT2D eigenvalue weighted by molar-refractivity contribution is -0.137. The van der Waals surface area contributed by atoms with E-state index in [1.54, 1.807) is 6.92 Å². The van der Waals surface area contributed by atoms with Crippen LogP contribution >= 0.6 is 0 Å². The smallest absolute Gasteiger partial charge is 0.303 e. The van der Waals surface area contributed by atoms with Crippen molar-refractivity contribution in [3.05, 3.63) is 29.8 Å². The van der Waals surface area contributed by atoms with Gasteiger partial charge in [0.15, 0.2) is 6.10 Å². The number of aliphatic carboxylic acids is 1. The van der Waals surface area contributed by atoms with Gasteiger partial charge in [0.2, 0.25) is 0 Å². The molecule has 1 amide bonds. The van der Waals surface area contributed by atoms with Crippen LogP contribution in [-0.4, -0.2) is 29.6 Å². The van der Waals surface area contributed by atoms with Gasteiger partial charge in [0.25, 0.3) is 5.91 Å². The van der Waals surface area contributed by atoms with Crippen LogP contribution in [0, 0.1) is 0 Å². The number of unbranched alkanes of at least 4 members (excludes halogenated alkanes) is 2. The first-order valence-electron chi connectivity index (χ1n) is 8.47. The van der Waals surface area contributed by atoms with Crippen molar-refractivity contribution in [1.29, 1.82) is 0 Å². The van der Waals surface area contributed by atoms with Crippen molar-refractivity contribution in [3.63, 3.8) is 0 Å². The standard InChI is InChI=1S/C19H29NO4/c1-14(18(23)20-12-7-5-6-11-17(21)22)24-16-10-8-9-15(13-16)19(2,3)4/h8-10,13-14H,5-7,11-12H2,1-4H3,(H,20,23)(H,21,22). The topological polar surface area (TPSA) is 75.6 Å². The van der Waals surface area contributed by atoms with Gasteiger partial charge in [0.05, 0.1) is 0 Å². The first-order valence-corrected chi connectivity index (χ1v) is 8.47. The molecule has 134 valence electrons. The quantitative estimate of drug-likeness (QED) is 0.677. The van der Waals surface area contributed by atoms with E-state index in [1.807, 2.05) is 18.2 Å². The van der Waals surface area contributed by atoms with Crippen molar-refractivity contribution in [3.8, 4) is 5.75 Å². The van der Waals surface area contributed by atoms with Crippen molar-refractivity contribution >= 4 is 11.9 Å². The highest BCUT2D eigenvalue weighted by atomic mass is 16.5. The third kappa shape index (κ3) is 7.49. The molecule has 0 fully saturated rings. The van der Waals surface area contributed by atoms with Crippen LogP contribution in [0.2, 0.25) is 0 Å². The summed E-state index contributed by atoms with van der Waals surface area (Å²) in [5, 5.41) is 11.4. The molecule has 1 atom stereocenters. The second-order valence-electron chi connectivity index (χ2n) is 7.03. The van der Waals surface area contributed by atoms with E-state index in [0.717, 1.165) is 18.4 Å². The van der Waals surface area contributed by atoms with Crippen LogP contribution in [0.25, 0.3) is 0 Å². The highest BCUT2D eigenvalue weighted by Gasteiger charge is 2.17. The van der Waals surface area contributed by atoms with Crippen LogP contribution in [0.5, 0.6) is 5.75 Å². The van der Waals surface area contributed by atoms with Crippen LogP contribution in [-0.2, 0) is 15.0 Å². The highest BCUT2D eigenvalue weighted by molar-refractivity contribution is 5.80. The van der Waals surface area contributed by atoms with Gasteiger partial charge in [-0.15, -0.1) is 0 Å². The number of ether oxygens (including phenoxy) is 1. The predicted octanol–water partition coefficient (Wildman–Crippen LogP) is 3.51. The summed E-state index contributed by atoms with van der Waals surface area (Å²) in [5.74, 6) is -0.250. The van der Waals surface area contributed by atoms with Gasteiger partial charge >= 0.3 is 5.97 Å². The van der Waals surface area contributed by atoms with Gasteiger partial charge in [0.1, 0.15) is 5.75 Å². The van der Waals surface area contributed by atoms with Crippen molar-refractivity contribution < 1.29 is 19.4 Å². The minimum atomic E-state index is -0.779. The molecule has 1 rings (SSSR count). The van der Waals surface area contributed by atoms with Crippen LogP contribution < -0.4 is 10.1 Å². The zero-order valence-electron chi connectivity index (χ0n) is 15.1. The minimum absolute atomic E-state index is 0.0286. The Hall–Kier alpha value is -2.04. The first kappa shape index (κ1) is 20.0. The minimum Gasteiger partial charge on any atom is -0.481 e. The molecule has 0 saturated heterocycles. The number of carboxylic acid groups (broad SMARTS) is 1. The predicted molar refractivity (Wildman–Crippen MR) is 94.3 cm³/mol. The molecule has 0 aliphatic heterocycles. The van der Waals surface area contributed by atoms with E-state index in [4.69, 9.17) is 9.84 Å². The molecule has 0 bridgehead atoms. The number of hydrogen-bond donors (Lipinski definition) is 2. The van der Waals surface area contributed by atoms with E-state index in [9.17, 15) is 9.59 Å². The Bertz CT molecular complexity index is 549. The normalized spacial score (nSPS) is 12.5. The molecule has 24 heavy (non-hydrogen) atoms. The van der Waals surface area contributed by atoms with Crippen molar-refractivity contribution in [2.24, 2.45) is 0 Å². The fourth-order valence-electron chi connectivity index (χ4n) is 2.23. The fraction of sp³-hybridized carbons (Fsp3) is 0.579. The molecule has 2 N–H and O–H groups in total. The van der Waals surface area contributed by atoms with E-state index in [-0.39, 0.29) is 17.7 Å². The molecule has 0 aliphatic rings. The summed E-state index contributed by atoms with van der Waals surface area (Å²) in [6.07, 6.45) is 1.80. The molecular formula is C19H29NO4. The Kier molecular flexibility index (Phi) is 7.75. The number of amides is 1. The van der Waals surface area contributed by atoms with E-state index in [2.05, 4.69) is 32.2 Å². The molecule has 1 unspecified atom stereocenters. The van der Waals surface area contributed by atoms with Gasteiger partial charge in [-0.1, -0.05) is 39.3 Å². The maximum Gasteiger partial charge on any atom is 0.303 e. The largest absolute Gasteiger partial charge is 0.481 e. The second-order valence-corrected chi connectivity index (χ2v) is 7.03. The van der Waals surface area contributed by atoms with Crippen LogP contribution in [0.4, 0.5) is 0 Å². The summed E-state index contributed by atoms with van der Waals surface area (Å²) in [7, 11) is 0. The van der Waals surface area contributed by atoms with Crippen molar-refractivity contribution in [1.82, 2.24) is 5.32 Å². The third-order valence-corrected chi connectivity index (χ3v) is 3.75. The summed E-state index contributed by atoms with van der Waals surface area (Å²) < 4.78 is 5.73. The SMILES string of the molecule is CC(Oc1cccc(C(C)(C)C)c1)C(=O)NCCCCCC(=O)O. The number of carbonyl (C=O) groups excluding carboxylic acids is 1. The fourth-order valence-corrected chi connectivity index (χ4v) is 2.23. The Balaban J connectivity index is 2.38. The Morgan fingerprint density at radius 1 is 1.21 bits per heavy atom. The Morgan fingerprint density at radius 3 is 2.54 bits per heavy atom. The molecule has 1 aromatic carbocycles. The number of benzene rings is 1. The van der Waals surface area contributed by atoms with Gasteiger partial charge in [0, 0.05) is 13.0 Å². The van der Waals surface area contributed by atoms with E-state index in [0.29, 0.717) is 18.7 Å². The van der Waals surface area contributed by atoms with Gasteiger partial charge in [-0.05, 0) is 42.9 Å². The number of nitrogens with one attached hydrogen (secondary N) is 1. The molecule has 0 saturated carbocycles. The van der Waals surface area contributed by atoms with Crippen molar-refractivity contribution in [2.45, 2.75) is 64.9 Å². The highest BCUT2D eigenvalue weighted by Crippen LogP contribution is 2.26. The number of rotatable bonds is 9. The van der Waals surface area contributed by atoms with Gasteiger partial charge in [-0.3, -0.25) is 9.59 Å². The summed E-state index contributed by atoms with van der Waals surface area (Å²) in [5.41, 5.74) is 1.19. The number of hydrogen-bond acceptors (Lipinski definition) is 3. The Labute approximate surface area is 144 Å². The average molecular weight is 335 g/mol. The Morgan fingerprint density at radius 2 is 1.92 bits per heavy atom. The summed E-state index contributed by atoms with van der Waals surface area (Å²) in [6.45, 7) is 8.66. The maximum absolute atomic E-state index is 12.0. The molecule has 0 radical (unpaired) electrons. The van der Waals surface area contributed by atoms with Gasteiger partial charge in [-0.2, -0.15) is 0 Å². The molecular weight excluding hydrogens is 306 g/mol.